The fraction of sp³-hybridized carbons (Fsp3) is 0.125. The molecule has 20 heavy (non-hydrogen) atoms. The molecule has 0 saturated carbocycles. The summed E-state index contributed by atoms with van der Waals surface area (Å²) in [6.07, 6.45) is 2.90. The van der Waals surface area contributed by atoms with Crippen LogP contribution in [-0.2, 0) is 6.42 Å². The second-order valence-corrected chi connectivity index (χ2v) is 4.77. The van der Waals surface area contributed by atoms with Crippen LogP contribution < -0.4 is 11.1 Å². The predicted molar refractivity (Wildman–Crippen MR) is 81.3 cm³/mol. The van der Waals surface area contributed by atoms with Crippen LogP contribution in [0.1, 0.15) is 5.56 Å². The molecule has 4 N–H and O–H groups in total. The number of nitrogens with two attached hydrogens (primary N) is 1. The smallest absolute Gasteiger partial charge is 0.125 e. The van der Waals surface area contributed by atoms with E-state index in [1.807, 2.05) is 18.3 Å². The molecule has 1 aromatic heterocycles. The highest BCUT2D eigenvalue weighted by molar-refractivity contribution is 5.83. The maximum atomic E-state index is 13.0. The van der Waals surface area contributed by atoms with Gasteiger partial charge in [-0.3, -0.25) is 0 Å². The molecule has 0 saturated heterocycles. The molecule has 0 fully saturated rings. The van der Waals surface area contributed by atoms with Crippen LogP contribution in [0.4, 0.5) is 15.8 Å². The van der Waals surface area contributed by atoms with Gasteiger partial charge in [0.1, 0.15) is 5.82 Å². The van der Waals surface area contributed by atoms with Gasteiger partial charge in [0, 0.05) is 23.6 Å². The van der Waals surface area contributed by atoms with E-state index in [0.717, 1.165) is 24.2 Å². The number of anilines is 2. The number of fused-ring (bicyclic) bond motifs is 1. The fourth-order valence-electron chi connectivity index (χ4n) is 2.36. The molecule has 3 rings (SSSR count). The van der Waals surface area contributed by atoms with Crippen LogP contribution in [0, 0.1) is 5.82 Å². The van der Waals surface area contributed by atoms with Crippen LogP contribution in [0.5, 0.6) is 0 Å². The third-order valence-electron chi connectivity index (χ3n) is 3.40. The zero-order chi connectivity index (χ0) is 13.9. The third kappa shape index (κ3) is 2.45. The molecule has 3 aromatic rings. The summed E-state index contributed by atoms with van der Waals surface area (Å²) in [5.74, 6) is -0.315. The van der Waals surface area contributed by atoms with Crippen LogP contribution in [0.3, 0.4) is 0 Å². The van der Waals surface area contributed by atoms with Crippen molar-refractivity contribution in [3.05, 3.63) is 60.0 Å². The lowest BCUT2D eigenvalue weighted by atomic mass is 10.1. The van der Waals surface area contributed by atoms with E-state index in [1.54, 1.807) is 6.07 Å². The number of hydrogen-bond donors (Lipinski definition) is 3. The summed E-state index contributed by atoms with van der Waals surface area (Å²) in [4.78, 5) is 3.25. The van der Waals surface area contributed by atoms with Gasteiger partial charge in [0.15, 0.2) is 0 Å². The fourth-order valence-corrected chi connectivity index (χ4v) is 2.36. The van der Waals surface area contributed by atoms with Crippen LogP contribution >= 0.6 is 0 Å². The predicted octanol–water partition coefficient (Wildman–Crippen LogP) is 3.54. The number of nitrogens with one attached hydrogen (secondary N) is 2. The number of aromatic nitrogens is 1. The van der Waals surface area contributed by atoms with Crippen molar-refractivity contribution in [2.75, 3.05) is 17.6 Å². The van der Waals surface area contributed by atoms with Crippen LogP contribution in [0.15, 0.2) is 48.7 Å². The minimum atomic E-state index is -0.315. The highest BCUT2D eigenvalue weighted by atomic mass is 19.1. The van der Waals surface area contributed by atoms with Crippen molar-refractivity contribution in [1.82, 2.24) is 4.98 Å². The third-order valence-corrected chi connectivity index (χ3v) is 3.40. The highest BCUT2D eigenvalue weighted by Crippen LogP contribution is 2.21. The Labute approximate surface area is 116 Å². The maximum absolute atomic E-state index is 13.0. The Morgan fingerprint density at radius 2 is 2.00 bits per heavy atom. The van der Waals surface area contributed by atoms with Gasteiger partial charge < -0.3 is 16.0 Å². The molecule has 0 amide bonds. The molecule has 0 atom stereocenters. The van der Waals surface area contributed by atoms with E-state index < -0.39 is 0 Å². The zero-order valence-corrected chi connectivity index (χ0v) is 11.0. The van der Waals surface area contributed by atoms with Gasteiger partial charge in [0.25, 0.3) is 0 Å². The average Bonchev–Trinajstić information content (AvgIpc) is 2.85. The van der Waals surface area contributed by atoms with E-state index in [1.165, 1.54) is 23.1 Å². The number of benzene rings is 2. The van der Waals surface area contributed by atoms with Crippen molar-refractivity contribution >= 4 is 22.3 Å². The topological polar surface area (TPSA) is 53.8 Å². The van der Waals surface area contributed by atoms with Crippen LogP contribution in [-0.4, -0.2) is 11.5 Å². The summed E-state index contributed by atoms with van der Waals surface area (Å²) in [6.45, 7) is 0.748. The molecule has 0 unspecified atom stereocenters. The second-order valence-electron chi connectivity index (χ2n) is 4.77. The first-order valence-corrected chi connectivity index (χ1v) is 6.58. The first-order valence-electron chi connectivity index (χ1n) is 6.58. The largest absolute Gasteiger partial charge is 0.397 e. The van der Waals surface area contributed by atoms with Gasteiger partial charge in [-0.05, 0) is 36.2 Å². The molecule has 0 aliphatic rings. The Morgan fingerprint density at radius 1 is 1.15 bits per heavy atom. The number of nitrogen functional groups attached to an aromatic ring is 1. The lowest BCUT2D eigenvalue weighted by molar-refractivity contribution is 0.628. The first-order chi connectivity index (χ1) is 9.74. The van der Waals surface area contributed by atoms with Gasteiger partial charge in [0.2, 0.25) is 0 Å². The van der Waals surface area contributed by atoms with E-state index in [9.17, 15) is 4.39 Å². The van der Waals surface area contributed by atoms with Crippen molar-refractivity contribution in [3.63, 3.8) is 0 Å². The number of H-pyrrole nitrogens is 1. The van der Waals surface area contributed by atoms with Crippen LogP contribution in [0.2, 0.25) is 0 Å². The molecule has 0 spiro atoms. The molecule has 3 nitrogen and oxygen atoms in total. The molecular formula is C16H16FN3. The SMILES string of the molecule is Nc1cc(F)ccc1NCCc1c[nH]c2ccccc12. The average molecular weight is 269 g/mol. The van der Waals surface area contributed by atoms with E-state index in [4.69, 9.17) is 5.73 Å². The van der Waals surface area contributed by atoms with Crippen molar-refractivity contribution in [2.24, 2.45) is 0 Å². The molecule has 102 valence electrons. The first kappa shape index (κ1) is 12.5. The van der Waals surface area contributed by atoms with Gasteiger partial charge in [0.05, 0.1) is 11.4 Å². The molecule has 0 aliphatic carbocycles. The van der Waals surface area contributed by atoms with Gasteiger partial charge >= 0.3 is 0 Å². The monoisotopic (exact) mass is 269 g/mol. The molecule has 0 aliphatic heterocycles. The minimum Gasteiger partial charge on any atom is -0.397 e. The zero-order valence-electron chi connectivity index (χ0n) is 11.0. The minimum absolute atomic E-state index is 0.315. The summed E-state index contributed by atoms with van der Waals surface area (Å²) in [5, 5.41) is 4.47. The number of hydrogen-bond acceptors (Lipinski definition) is 2. The van der Waals surface area contributed by atoms with Crippen molar-refractivity contribution < 1.29 is 4.39 Å². The van der Waals surface area contributed by atoms with Gasteiger partial charge in [-0.1, -0.05) is 18.2 Å². The Balaban J connectivity index is 1.68. The van der Waals surface area contributed by atoms with Gasteiger partial charge in [-0.15, -0.1) is 0 Å². The second kappa shape index (κ2) is 5.25. The normalized spacial score (nSPS) is 10.8. The van der Waals surface area contributed by atoms with Crippen LogP contribution in [0.25, 0.3) is 10.9 Å². The van der Waals surface area contributed by atoms with Crippen molar-refractivity contribution in [2.45, 2.75) is 6.42 Å². The number of aromatic amines is 1. The Morgan fingerprint density at radius 3 is 2.85 bits per heavy atom. The Bertz CT molecular complexity index is 733. The maximum Gasteiger partial charge on any atom is 0.125 e. The lowest BCUT2D eigenvalue weighted by Gasteiger charge is -2.08. The molecule has 1 heterocycles. The lowest BCUT2D eigenvalue weighted by Crippen LogP contribution is -2.06. The Hall–Kier alpha value is -2.49. The number of para-hydroxylation sites is 1. The number of rotatable bonds is 4. The molecule has 0 radical (unpaired) electrons. The summed E-state index contributed by atoms with van der Waals surface area (Å²) in [7, 11) is 0. The molecular weight excluding hydrogens is 253 g/mol. The summed E-state index contributed by atoms with van der Waals surface area (Å²) in [5.41, 5.74) is 9.37. The molecule has 2 aromatic carbocycles. The number of halogens is 1. The van der Waals surface area contributed by atoms with Gasteiger partial charge in [-0.25, -0.2) is 4.39 Å². The van der Waals surface area contributed by atoms with E-state index in [-0.39, 0.29) is 5.82 Å². The summed E-state index contributed by atoms with van der Waals surface area (Å²) in [6, 6.07) is 12.6. The van der Waals surface area contributed by atoms with E-state index >= 15 is 0 Å². The Kier molecular flexibility index (Phi) is 3.29. The van der Waals surface area contributed by atoms with Crippen molar-refractivity contribution in [3.8, 4) is 0 Å². The summed E-state index contributed by atoms with van der Waals surface area (Å²) < 4.78 is 13.0. The quantitative estimate of drug-likeness (QED) is 0.634. The van der Waals surface area contributed by atoms with E-state index in [0.29, 0.717) is 5.69 Å². The van der Waals surface area contributed by atoms with Crippen molar-refractivity contribution in [1.29, 1.82) is 0 Å². The van der Waals surface area contributed by atoms with E-state index in [2.05, 4.69) is 22.4 Å². The molecule has 4 heteroatoms. The highest BCUT2D eigenvalue weighted by Gasteiger charge is 2.04. The standard InChI is InChI=1S/C16H16FN3/c17-12-5-6-16(14(18)9-12)19-8-7-11-10-20-15-4-2-1-3-13(11)15/h1-6,9-10,19-20H,7-8,18H2. The molecule has 0 bridgehead atoms. The van der Waals surface area contributed by atoms with Gasteiger partial charge in [-0.2, -0.15) is 0 Å². The summed E-state index contributed by atoms with van der Waals surface area (Å²) >= 11 is 0.